The number of aromatic nitrogens is 3. The monoisotopic (exact) mass is 420 g/mol. The highest BCUT2D eigenvalue weighted by Gasteiger charge is 2.20. The first-order valence-corrected chi connectivity index (χ1v) is 10.4. The van der Waals surface area contributed by atoms with Gasteiger partial charge in [-0.25, -0.2) is 14.5 Å². The van der Waals surface area contributed by atoms with Gasteiger partial charge in [-0.15, -0.1) is 0 Å². The second-order valence-corrected chi connectivity index (χ2v) is 8.07. The molecule has 3 rings (SSSR count). The van der Waals surface area contributed by atoms with Crippen LogP contribution in [0.2, 0.25) is 0 Å². The quantitative estimate of drug-likeness (QED) is 0.556. The predicted molar refractivity (Wildman–Crippen MR) is 118 cm³/mol. The van der Waals surface area contributed by atoms with Crippen LogP contribution in [0.15, 0.2) is 61.2 Å². The lowest BCUT2D eigenvalue weighted by molar-refractivity contribution is -0.125. The zero-order valence-electron chi connectivity index (χ0n) is 18.3. The molecular formula is C24H28N4O3. The highest BCUT2D eigenvalue weighted by Crippen LogP contribution is 2.24. The third-order valence-corrected chi connectivity index (χ3v) is 5.07. The van der Waals surface area contributed by atoms with Gasteiger partial charge >= 0.3 is 5.97 Å². The number of benzene rings is 2. The molecule has 0 fully saturated rings. The van der Waals surface area contributed by atoms with E-state index in [1.807, 2.05) is 26.0 Å². The van der Waals surface area contributed by atoms with E-state index in [2.05, 4.69) is 41.4 Å². The Bertz CT molecular complexity index is 994. The van der Waals surface area contributed by atoms with E-state index in [-0.39, 0.29) is 24.5 Å². The smallest absolute Gasteiger partial charge is 0.338 e. The summed E-state index contributed by atoms with van der Waals surface area (Å²) < 4.78 is 6.79. The van der Waals surface area contributed by atoms with Crippen LogP contribution in [0.3, 0.4) is 0 Å². The van der Waals surface area contributed by atoms with Crippen LogP contribution in [0, 0.1) is 5.92 Å². The number of carbonyl (C=O) groups excluding carboxylic acids is 2. The van der Waals surface area contributed by atoms with Gasteiger partial charge in [-0.3, -0.25) is 4.79 Å². The first-order chi connectivity index (χ1) is 14.8. The fourth-order valence-corrected chi connectivity index (χ4v) is 3.24. The summed E-state index contributed by atoms with van der Waals surface area (Å²) in [6.45, 7) is 8.05. The maximum Gasteiger partial charge on any atom is 0.338 e. The number of esters is 1. The molecule has 1 N–H and O–H groups in total. The van der Waals surface area contributed by atoms with E-state index in [1.54, 1.807) is 35.3 Å². The van der Waals surface area contributed by atoms with Crippen molar-refractivity contribution in [3.05, 3.63) is 77.9 Å². The van der Waals surface area contributed by atoms with Crippen molar-refractivity contribution in [2.24, 2.45) is 5.92 Å². The van der Waals surface area contributed by atoms with E-state index < -0.39 is 5.97 Å². The number of nitrogens with one attached hydrogen (secondary N) is 1. The van der Waals surface area contributed by atoms with E-state index in [1.165, 1.54) is 11.9 Å². The van der Waals surface area contributed by atoms with Gasteiger partial charge in [0.25, 0.3) is 5.91 Å². The highest BCUT2D eigenvalue weighted by molar-refractivity contribution is 5.91. The molecule has 0 spiro atoms. The third kappa shape index (κ3) is 5.78. The molecule has 0 radical (unpaired) electrons. The largest absolute Gasteiger partial charge is 0.452 e. The normalized spacial score (nSPS) is 12.1. The van der Waals surface area contributed by atoms with Crippen molar-refractivity contribution >= 4 is 11.9 Å². The summed E-state index contributed by atoms with van der Waals surface area (Å²) in [4.78, 5) is 28.6. The van der Waals surface area contributed by atoms with Gasteiger partial charge < -0.3 is 10.1 Å². The Balaban J connectivity index is 1.56. The molecule has 7 nitrogen and oxygen atoms in total. The summed E-state index contributed by atoms with van der Waals surface area (Å²) >= 11 is 0. The minimum atomic E-state index is -0.553. The van der Waals surface area contributed by atoms with Crippen LogP contribution in [-0.2, 0) is 9.53 Å². The lowest BCUT2D eigenvalue weighted by atomic mass is 9.93. The molecule has 162 valence electrons. The standard InChI is InChI=1S/C24H28N4O3/c1-16(2)18-5-7-19(8-6-18)23(17(3)4)27-22(29)13-31-24(30)20-9-11-21(12-10-20)28-15-25-14-26-28/h5-12,14-17,23H,13H2,1-4H3,(H,27,29)/t23-/m0/s1. The zero-order valence-corrected chi connectivity index (χ0v) is 18.3. The molecule has 31 heavy (non-hydrogen) atoms. The summed E-state index contributed by atoms with van der Waals surface area (Å²) in [7, 11) is 0. The number of hydrogen-bond donors (Lipinski definition) is 1. The third-order valence-electron chi connectivity index (χ3n) is 5.07. The Morgan fingerprint density at radius 1 is 0.968 bits per heavy atom. The van der Waals surface area contributed by atoms with Gasteiger partial charge in [-0.05, 0) is 47.2 Å². The average molecular weight is 421 g/mol. The maximum atomic E-state index is 12.4. The second kappa shape index (κ2) is 10.0. The van der Waals surface area contributed by atoms with Crippen LogP contribution in [0.5, 0.6) is 0 Å². The van der Waals surface area contributed by atoms with Crippen molar-refractivity contribution in [1.82, 2.24) is 20.1 Å². The van der Waals surface area contributed by atoms with Crippen LogP contribution in [0.4, 0.5) is 0 Å². The van der Waals surface area contributed by atoms with Gasteiger partial charge in [-0.2, -0.15) is 5.10 Å². The van der Waals surface area contributed by atoms with E-state index in [9.17, 15) is 9.59 Å². The number of amides is 1. The topological polar surface area (TPSA) is 86.1 Å². The Labute approximate surface area is 182 Å². The van der Waals surface area contributed by atoms with E-state index in [4.69, 9.17) is 4.74 Å². The minimum Gasteiger partial charge on any atom is -0.452 e. The average Bonchev–Trinajstić information content (AvgIpc) is 3.31. The molecule has 0 bridgehead atoms. The molecule has 0 saturated carbocycles. The molecule has 3 aromatic rings. The van der Waals surface area contributed by atoms with E-state index in [0.29, 0.717) is 11.5 Å². The number of nitrogens with zero attached hydrogens (tertiary/aromatic N) is 3. The molecule has 7 heteroatoms. The van der Waals surface area contributed by atoms with Crippen molar-refractivity contribution in [3.63, 3.8) is 0 Å². The van der Waals surface area contributed by atoms with Gasteiger partial charge in [0.15, 0.2) is 6.61 Å². The van der Waals surface area contributed by atoms with E-state index >= 15 is 0 Å². The molecule has 2 aromatic carbocycles. The van der Waals surface area contributed by atoms with Gasteiger partial charge in [0.1, 0.15) is 12.7 Å². The van der Waals surface area contributed by atoms with Crippen LogP contribution in [-0.4, -0.2) is 33.2 Å². The van der Waals surface area contributed by atoms with Crippen molar-refractivity contribution < 1.29 is 14.3 Å². The van der Waals surface area contributed by atoms with Gasteiger partial charge in [0.05, 0.1) is 17.3 Å². The first kappa shape index (κ1) is 22.2. The Morgan fingerprint density at radius 3 is 2.16 bits per heavy atom. The van der Waals surface area contributed by atoms with Gasteiger partial charge in [0, 0.05) is 0 Å². The Kier molecular flexibility index (Phi) is 7.18. The predicted octanol–water partition coefficient (Wildman–Crippen LogP) is 4.06. The summed E-state index contributed by atoms with van der Waals surface area (Å²) in [5.74, 6) is -0.249. The lowest BCUT2D eigenvalue weighted by Crippen LogP contribution is -2.35. The molecule has 0 saturated heterocycles. The van der Waals surface area contributed by atoms with Crippen molar-refractivity contribution in [2.45, 2.75) is 39.7 Å². The maximum absolute atomic E-state index is 12.4. The summed E-state index contributed by atoms with van der Waals surface area (Å²) in [5, 5.41) is 7.02. The van der Waals surface area contributed by atoms with Gasteiger partial charge in [-0.1, -0.05) is 52.0 Å². The first-order valence-electron chi connectivity index (χ1n) is 10.4. The van der Waals surface area contributed by atoms with Gasteiger partial charge in [0.2, 0.25) is 0 Å². The summed E-state index contributed by atoms with van der Waals surface area (Å²) in [5.41, 5.74) is 3.42. The number of rotatable bonds is 8. The molecule has 1 aromatic heterocycles. The van der Waals surface area contributed by atoms with Crippen LogP contribution in [0.1, 0.15) is 61.1 Å². The van der Waals surface area contributed by atoms with Crippen LogP contribution >= 0.6 is 0 Å². The summed E-state index contributed by atoms with van der Waals surface area (Å²) in [6.07, 6.45) is 3.00. The van der Waals surface area contributed by atoms with Crippen molar-refractivity contribution in [2.75, 3.05) is 6.61 Å². The van der Waals surface area contributed by atoms with Crippen molar-refractivity contribution in [3.8, 4) is 5.69 Å². The fourth-order valence-electron chi connectivity index (χ4n) is 3.24. The van der Waals surface area contributed by atoms with Crippen LogP contribution < -0.4 is 5.32 Å². The van der Waals surface area contributed by atoms with E-state index in [0.717, 1.165) is 11.3 Å². The fraction of sp³-hybridized carbons (Fsp3) is 0.333. The number of ether oxygens (including phenoxy) is 1. The zero-order chi connectivity index (χ0) is 22.4. The van der Waals surface area contributed by atoms with Crippen LogP contribution in [0.25, 0.3) is 5.69 Å². The Hall–Kier alpha value is -3.48. The molecule has 0 unspecified atom stereocenters. The molecule has 1 amide bonds. The molecule has 1 atom stereocenters. The second-order valence-electron chi connectivity index (χ2n) is 8.07. The molecule has 0 aliphatic carbocycles. The molecule has 1 heterocycles. The lowest BCUT2D eigenvalue weighted by Gasteiger charge is -2.23. The minimum absolute atomic E-state index is 0.158. The molecular weight excluding hydrogens is 392 g/mol. The molecule has 0 aliphatic heterocycles. The SMILES string of the molecule is CC(C)c1ccc([C@@H](NC(=O)COC(=O)c2ccc(-n3cncn3)cc2)C(C)C)cc1. The van der Waals surface area contributed by atoms with Crippen molar-refractivity contribution in [1.29, 1.82) is 0 Å². The number of carbonyl (C=O) groups is 2. The highest BCUT2D eigenvalue weighted by atomic mass is 16.5. The Morgan fingerprint density at radius 2 is 1.61 bits per heavy atom. The summed E-state index contributed by atoms with van der Waals surface area (Å²) in [6, 6.07) is 14.8. The molecule has 0 aliphatic rings. The number of hydrogen-bond acceptors (Lipinski definition) is 5.